The summed E-state index contributed by atoms with van der Waals surface area (Å²) in [5, 5.41) is 3.77. The number of nitrogens with zero attached hydrogens (tertiary/aromatic N) is 4. The molecular formula is C18H16ClFN4O4S. The van der Waals surface area contributed by atoms with Crippen LogP contribution in [0.3, 0.4) is 0 Å². The molecule has 0 bridgehead atoms. The van der Waals surface area contributed by atoms with E-state index in [-0.39, 0.29) is 27.7 Å². The molecule has 11 heteroatoms. The van der Waals surface area contributed by atoms with E-state index >= 15 is 0 Å². The Bertz CT molecular complexity index is 1040. The largest absolute Gasteiger partial charge is 0.464 e. The van der Waals surface area contributed by atoms with Crippen LogP contribution < -0.4 is 4.90 Å². The van der Waals surface area contributed by atoms with Crippen LogP contribution in [0, 0.1) is 12.7 Å². The molecule has 3 rings (SSSR count). The average molecular weight is 439 g/mol. The molecule has 0 aliphatic heterocycles. The Labute approximate surface area is 174 Å². The fourth-order valence-electron chi connectivity index (χ4n) is 2.49. The van der Waals surface area contributed by atoms with Crippen LogP contribution in [-0.4, -0.2) is 39.5 Å². The van der Waals surface area contributed by atoms with E-state index in [1.54, 1.807) is 20.8 Å². The molecule has 0 saturated carbocycles. The van der Waals surface area contributed by atoms with Crippen molar-refractivity contribution in [3.8, 4) is 0 Å². The van der Waals surface area contributed by atoms with Gasteiger partial charge in [0.15, 0.2) is 16.1 Å². The molecule has 3 aromatic rings. The van der Waals surface area contributed by atoms with Gasteiger partial charge in [0.1, 0.15) is 16.7 Å². The summed E-state index contributed by atoms with van der Waals surface area (Å²) in [4.78, 5) is 34.7. The minimum Gasteiger partial charge on any atom is -0.464 e. The highest BCUT2D eigenvalue weighted by Gasteiger charge is 2.30. The lowest BCUT2D eigenvalue weighted by molar-refractivity contribution is -0.144. The third-order valence-corrected chi connectivity index (χ3v) is 5.27. The second-order valence-electron chi connectivity index (χ2n) is 5.87. The van der Waals surface area contributed by atoms with Crippen molar-refractivity contribution in [1.29, 1.82) is 0 Å². The van der Waals surface area contributed by atoms with Gasteiger partial charge in [-0.15, -0.1) is 0 Å². The summed E-state index contributed by atoms with van der Waals surface area (Å²) in [7, 11) is 0. The van der Waals surface area contributed by atoms with Gasteiger partial charge in [0.25, 0.3) is 11.7 Å². The summed E-state index contributed by atoms with van der Waals surface area (Å²) >= 11 is 7.13. The Kier molecular flexibility index (Phi) is 6.23. The Morgan fingerprint density at radius 2 is 2.00 bits per heavy atom. The number of anilines is 2. The second-order valence-corrected chi connectivity index (χ2v) is 7.20. The van der Waals surface area contributed by atoms with Crippen molar-refractivity contribution in [2.24, 2.45) is 0 Å². The first-order valence-corrected chi connectivity index (χ1v) is 9.74. The number of halogens is 2. The van der Waals surface area contributed by atoms with Crippen molar-refractivity contribution < 1.29 is 23.2 Å². The molecule has 0 amide bonds. The van der Waals surface area contributed by atoms with Gasteiger partial charge in [0, 0.05) is 5.69 Å². The number of benzene rings is 1. The molecule has 0 saturated heterocycles. The van der Waals surface area contributed by atoms with Crippen molar-refractivity contribution in [2.45, 2.75) is 26.8 Å². The summed E-state index contributed by atoms with van der Waals surface area (Å²) < 4.78 is 23.4. The topological polar surface area (TPSA) is 98.4 Å². The maximum absolute atomic E-state index is 13.4. The van der Waals surface area contributed by atoms with Crippen LogP contribution in [-0.2, 0) is 9.53 Å². The molecule has 2 heterocycles. The first kappa shape index (κ1) is 20.9. The van der Waals surface area contributed by atoms with Crippen molar-refractivity contribution >= 4 is 45.5 Å². The van der Waals surface area contributed by atoms with Crippen LogP contribution in [0.2, 0.25) is 5.15 Å². The Morgan fingerprint density at radius 1 is 1.31 bits per heavy atom. The molecule has 8 nitrogen and oxygen atoms in total. The minimum absolute atomic E-state index is 0.0750. The fraction of sp³-hybridized carbons (Fsp3) is 0.278. The van der Waals surface area contributed by atoms with E-state index in [4.69, 9.17) is 20.9 Å². The van der Waals surface area contributed by atoms with Gasteiger partial charge in [0.2, 0.25) is 0 Å². The van der Waals surface area contributed by atoms with Gasteiger partial charge < -0.3 is 14.2 Å². The smallest absolute Gasteiger partial charge is 0.328 e. The van der Waals surface area contributed by atoms with Gasteiger partial charge in [0.05, 0.1) is 6.61 Å². The first-order chi connectivity index (χ1) is 13.8. The summed E-state index contributed by atoms with van der Waals surface area (Å²) in [6.07, 6.45) is 0. The molecule has 0 spiro atoms. The third-order valence-electron chi connectivity index (χ3n) is 3.83. The Balaban J connectivity index is 2.03. The number of aromatic nitrogens is 3. The number of ether oxygens (including phenoxy) is 1. The fourth-order valence-corrected chi connectivity index (χ4v) is 3.81. The summed E-state index contributed by atoms with van der Waals surface area (Å²) in [6.45, 7) is 5.08. The molecule has 29 heavy (non-hydrogen) atoms. The maximum atomic E-state index is 13.4. The van der Waals surface area contributed by atoms with Crippen LogP contribution in [0.25, 0.3) is 0 Å². The Morgan fingerprint density at radius 3 is 2.59 bits per heavy atom. The quantitative estimate of drug-likeness (QED) is 0.404. The number of hydrogen-bond donors (Lipinski definition) is 0. The summed E-state index contributed by atoms with van der Waals surface area (Å²) in [6, 6.07) is 4.67. The van der Waals surface area contributed by atoms with Crippen LogP contribution >= 0.6 is 22.9 Å². The van der Waals surface area contributed by atoms with E-state index in [1.807, 2.05) is 0 Å². The minimum atomic E-state index is -0.809. The molecule has 0 aliphatic carbocycles. The zero-order chi connectivity index (χ0) is 21.1. The van der Waals surface area contributed by atoms with Crippen molar-refractivity contribution in [3.05, 3.63) is 51.8 Å². The van der Waals surface area contributed by atoms with E-state index in [0.29, 0.717) is 11.5 Å². The molecule has 0 fully saturated rings. The predicted octanol–water partition coefficient (Wildman–Crippen LogP) is 3.95. The van der Waals surface area contributed by atoms with E-state index in [0.717, 1.165) is 11.3 Å². The van der Waals surface area contributed by atoms with Crippen LogP contribution in [0.15, 0.2) is 28.8 Å². The number of thiazole rings is 1. The van der Waals surface area contributed by atoms with Gasteiger partial charge >= 0.3 is 5.97 Å². The van der Waals surface area contributed by atoms with E-state index in [2.05, 4.69) is 15.1 Å². The highest BCUT2D eigenvalue weighted by molar-refractivity contribution is 7.18. The molecule has 1 unspecified atom stereocenters. The monoisotopic (exact) mass is 438 g/mol. The molecule has 0 N–H and O–H groups in total. The first-order valence-electron chi connectivity index (χ1n) is 8.54. The van der Waals surface area contributed by atoms with Crippen molar-refractivity contribution in [1.82, 2.24) is 15.1 Å². The lowest BCUT2D eigenvalue weighted by Gasteiger charge is -2.27. The van der Waals surface area contributed by atoms with Gasteiger partial charge in [-0.2, -0.15) is 4.98 Å². The molecule has 1 aromatic carbocycles. The van der Waals surface area contributed by atoms with Crippen LogP contribution in [0.5, 0.6) is 0 Å². The zero-order valence-electron chi connectivity index (χ0n) is 15.7. The maximum Gasteiger partial charge on any atom is 0.328 e. The molecule has 1 atom stereocenters. The second kappa shape index (κ2) is 8.66. The highest BCUT2D eigenvalue weighted by atomic mass is 35.5. The van der Waals surface area contributed by atoms with Gasteiger partial charge in [-0.3, -0.25) is 4.79 Å². The van der Waals surface area contributed by atoms with E-state index in [1.165, 1.54) is 29.2 Å². The predicted molar refractivity (Wildman–Crippen MR) is 104 cm³/mol. The van der Waals surface area contributed by atoms with Crippen LogP contribution in [0.4, 0.5) is 15.2 Å². The zero-order valence-corrected chi connectivity index (χ0v) is 17.3. The number of carbonyl (C=O) groups excluding carboxylic acids is 2. The number of esters is 1. The standard InChI is InChI=1S/C18H16ClFN4O4S/c1-4-27-17(26)9(2)24(12-7-5-11(20)6-8-12)18-22-15(19)14(29-18)13(25)16-21-10(3)23-28-16/h5-9H,4H2,1-3H3. The van der Waals surface area contributed by atoms with Gasteiger partial charge in [-0.05, 0) is 45.0 Å². The van der Waals surface area contributed by atoms with Gasteiger partial charge in [-0.1, -0.05) is 28.1 Å². The Hall–Kier alpha value is -2.85. The summed E-state index contributed by atoms with van der Waals surface area (Å²) in [5.74, 6) is -1.44. The normalized spacial score (nSPS) is 11.9. The molecular weight excluding hydrogens is 423 g/mol. The average Bonchev–Trinajstić information content (AvgIpc) is 3.29. The van der Waals surface area contributed by atoms with Crippen molar-refractivity contribution in [2.75, 3.05) is 11.5 Å². The lowest BCUT2D eigenvalue weighted by atomic mass is 10.2. The van der Waals surface area contributed by atoms with Crippen LogP contribution in [0.1, 0.15) is 35.2 Å². The number of ketones is 1. The van der Waals surface area contributed by atoms with Crippen molar-refractivity contribution in [3.63, 3.8) is 0 Å². The molecule has 2 aromatic heterocycles. The number of hydrogen-bond acceptors (Lipinski definition) is 9. The number of rotatable bonds is 7. The molecule has 152 valence electrons. The SMILES string of the molecule is CCOC(=O)C(C)N(c1ccc(F)cc1)c1nc(Cl)c(C(=O)c2nc(C)no2)s1. The van der Waals surface area contributed by atoms with E-state index in [9.17, 15) is 14.0 Å². The summed E-state index contributed by atoms with van der Waals surface area (Å²) in [5.41, 5.74) is 0.477. The van der Waals surface area contributed by atoms with Gasteiger partial charge in [-0.25, -0.2) is 14.2 Å². The number of aryl methyl sites for hydroxylation is 1. The molecule has 0 radical (unpaired) electrons. The lowest BCUT2D eigenvalue weighted by Crippen LogP contribution is -2.36. The van der Waals surface area contributed by atoms with E-state index < -0.39 is 23.6 Å². The highest BCUT2D eigenvalue weighted by Crippen LogP contribution is 2.36. The number of carbonyl (C=O) groups is 2. The molecule has 0 aliphatic rings. The third kappa shape index (κ3) is 4.43.